The standard InChI is InChI=1S/C17H11FO3S/c18-13-6-7-15-12(8-13)9-16(22-15)17(20)21-10-14(19)11-4-2-1-3-5-11/h1-9H,10H2. The molecule has 5 heteroatoms. The van der Waals surface area contributed by atoms with E-state index in [2.05, 4.69) is 0 Å². The van der Waals surface area contributed by atoms with Gasteiger partial charge in [0, 0.05) is 10.3 Å². The van der Waals surface area contributed by atoms with Gasteiger partial charge in [0.1, 0.15) is 10.7 Å². The highest BCUT2D eigenvalue weighted by atomic mass is 32.1. The van der Waals surface area contributed by atoms with Crippen LogP contribution in [0.5, 0.6) is 0 Å². The minimum Gasteiger partial charge on any atom is -0.453 e. The summed E-state index contributed by atoms with van der Waals surface area (Å²) in [4.78, 5) is 24.2. The number of halogens is 1. The first-order chi connectivity index (χ1) is 10.6. The van der Waals surface area contributed by atoms with Gasteiger partial charge in [0.05, 0.1) is 0 Å². The predicted molar refractivity (Wildman–Crippen MR) is 82.8 cm³/mol. The van der Waals surface area contributed by atoms with Crippen LogP contribution in [0.1, 0.15) is 20.0 Å². The maximum Gasteiger partial charge on any atom is 0.348 e. The summed E-state index contributed by atoms with van der Waals surface area (Å²) < 4.78 is 19.0. The monoisotopic (exact) mass is 314 g/mol. The third-order valence-electron chi connectivity index (χ3n) is 3.11. The minimum atomic E-state index is -0.578. The van der Waals surface area contributed by atoms with Crippen molar-refractivity contribution in [2.75, 3.05) is 6.61 Å². The van der Waals surface area contributed by atoms with Crippen LogP contribution in [0, 0.1) is 5.82 Å². The number of carbonyl (C=O) groups is 2. The highest BCUT2D eigenvalue weighted by Gasteiger charge is 2.14. The molecule has 110 valence electrons. The molecule has 0 saturated carbocycles. The van der Waals surface area contributed by atoms with Crippen LogP contribution in [0.3, 0.4) is 0 Å². The fraction of sp³-hybridized carbons (Fsp3) is 0.0588. The van der Waals surface area contributed by atoms with E-state index < -0.39 is 5.97 Å². The molecule has 3 aromatic rings. The molecule has 0 spiro atoms. The molecule has 0 N–H and O–H groups in total. The van der Waals surface area contributed by atoms with Crippen LogP contribution >= 0.6 is 11.3 Å². The number of Topliss-reactive ketones (excluding diaryl/α,β-unsaturated/α-hetero) is 1. The number of thiophene rings is 1. The Morgan fingerprint density at radius 2 is 1.82 bits per heavy atom. The Morgan fingerprint density at radius 1 is 1.05 bits per heavy atom. The molecular formula is C17H11FO3S. The average Bonchev–Trinajstić information content (AvgIpc) is 2.96. The molecule has 0 aliphatic heterocycles. The number of hydrogen-bond acceptors (Lipinski definition) is 4. The van der Waals surface area contributed by atoms with Gasteiger partial charge in [-0.1, -0.05) is 30.3 Å². The lowest BCUT2D eigenvalue weighted by atomic mass is 10.1. The Balaban J connectivity index is 1.69. The molecular weight excluding hydrogens is 303 g/mol. The number of rotatable bonds is 4. The number of esters is 1. The summed E-state index contributed by atoms with van der Waals surface area (Å²) in [5.41, 5.74) is 0.494. The lowest BCUT2D eigenvalue weighted by molar-refractivity contribution is 0.0479. The van der Waals surface area contributed by atoms with Crippen LogP contribution in [0.2, 0.25) is 0 Å². The van der Waals surface area contributed by atoms with Gasteiger partial charge in [-0.25, -0.2) is 9.18 Å². The van der Waals surface area contributed by atoms with E-state index >= 15 is 0 Å². The van der Waals surface area contributed by atoms with Gasteiger partial charge in [-0.2, -0.15) is 0 Å². The molecule has 3 rings (SSSR count). The van der Waals surface area contributed by atoms with Crippen LogP contribution in [-0.4, -0.2) is 18.4 Å². The van der Waals surface area contributed by atoms with Crippen molar-refractivity contribution in [3.8, 4) is 0 Å². The lowest BCUT2D eigenvalue weighted by Gasteiger charge is -2.02. The van der Waals surface area contributed by atoms with E-state index in [0.717, 1.165) is 4.70 Å². The van der Waals surface area contributed by atoms with Crippen molar-refractivity contribution in [2.45, 2.75) is 0 Å². The van der Waals surface area contributed by atoms with Gasteiger partial charge in [0.25, 0.3) is 0 Å². The number of benzene rings is 2. The molecule has 2 aromatic carbocycles. The molecule has 0 saturated heterocycles. The van der Waals surface area contributed by atoms with E-state index in [0.29, 0.717) is 15.8 Å². The number of ketones is 1. The summed E-state index contributed by atoms with van der Waals surface area (Å²) in [6, 6.07) is 14.5. The zero-order valence-electron chi connectivity index (χ0n) is 11.4. The second-order valence-corrected chi connectivity index (χ2v) is 5.74. The van der Waals surface area contributed by atoms with Crippen LogP contribution in [-0.2, 0) is 4.74 Å². The highest BCUT2D eigenvalue weighted by Crippen LogP contribution is 2.26. The maximum absolute atomic E-state index is 13.1. The van der Waals surface area contributed by atoms with Crippen molar-refractivity contribution >= 4 is 33.2 Å². The first-order valence-electron chi connectivity index (χ1n) is 6.58. The molecule has 22 heavy (non-hydrogen) atoms. The van der Waals surface area contributed by atoms with Gasteiger partial charge in [-0.05, 0) is 29.7 Å². The van der Waals surface area contributed by atoms with E-state index in [1.54, 1.807) is 42.5 Å². The quantitative estimate of drug-likeness (QED) is 0.538. The Labute approximate surface area is 130 Å². The first-order valence-corrected chi connectivity index (χ1v) is 7.39. The van der Waals surface area contributed by atoms with E-state index in [9.17, 15) is 14.0 Å². The zero-order chi connectivity index (χ0) is 15.5. The number of carbonyl (C=O) groups excluding carboxylic acids is 2. The molecule has 0 amide bonds. The number of hydrogen-bond donors (Lipinski definition) is 0. The second kappa shape index (κ2) is 6.07. The number of fused-ring (bicyclic) bond motifs is 1. The van der Waals surface area contributed by atoms with Crippen LogP contribution in [0.15, 0.2) is 54.6 Å². The molecule has 0 aliphatic rings. The Hall–Kier alpha value is -2.53. The summed E-state index contributed by atoms with van der Waals surface area (Å²) >= 11 is 1.21. The fourth-order valence-electron chi connectivity index (χ4n) is 2.02. The molecule has 0 bridgehead atoms. The van der Waals surface area contributed by atoms with Gasteiger partial charge in [0.15, 0.2) is 12.4 Å². The van der Waals surface area contributed by atoms with Crippen LogP contribution in [0.25, 0.3) is 10.1 Å². The van der Waals surface area contributed by atoms with Gasteiger partial charge in [-0.15, -0.1) is 11.3 Å². The van der Waals surface area contributed by atoms with Crippen molar-refractivity contribution in [1.29, 1.82) is 0 Å². The lowest BCUT2D eigenvalue weighted by Crippen LogP contribution is -2.13. The zero-order valence-corrected chi connectivity index (χ0v) is 12.2. The minimum absolute atomic E-state index is 0.263. The van der Waals surface area contributed by atoms with Gasteiger partial charge >= 0.3 is 5.97 Å². The summed E-state index contributed by atoms with van der Waals surface area (Å²) in [5, 5.41) is 0.645. The smallest absolute Gasteiger partial charge is 0.348 e. The Kier molecular flexibility index (Phi) is 3.98. The summed E-state index contributed by atoms with van der Waals surface area (Å²) in [6.45, 7) is -0.314. The molecule has 1 aromatic heterocycles. The van der Waals surface area contributed by atoms with Crippen LogP contribution in [0.4, 0.5) is 4.39 Å². The molecule has 0 unspecified atom stereocenters. The topological polar surface area (TPSA) is 43.4 Å². The highest BCUT2D eigenvalue weighted by molar-refractivity contribution is 7.20. The normalized spacial score (nSPS) is 10.6. The van der Waals surface area contributed by atoms with E-state index in [4.69, 9.17) is 4.74 Å². The average molecular weight is 314 g/mol. The van der Waals surface area contributed by atoms with E-state index in [-0.39, 0.29) is 18.2 Å². The van der Waals surface area contributed by atoms with Crippen LogP contribution < -0.4 is 0 Å². The molecule has 1 heterocycles. The molecule has 3 nitrogen and oxygen atoms in total. The molecule has 0 fully saturated rings. The SMILES string of the molecule is O=C(COC(=O)c1cc2cc(F)ccc2s1)c1ccccc1. The van der Waals surface area contributed by atoms with Gasteiger partial charge in [-0.3, -0.25) is 4.79 Å². The van der Waals surface area contributed by atoms with Crippen molar-refractivity contribution < 1.29 is 18.7 Å². The van der Waals surface area contributed by atoms with E-state index in [1.807, 2.05) is 0 Å². The van der Waals surface area contributed by atoms with Gasteiger partial charge < -0.3 is 4.74 Å². The van der Waals surface area contributed by atoms with Crippen molar-refractivity contribution in [3.05, 3.63) is 70.9 Å². The number of ether oxygens (including phenoxy) is 1. The second-order valence-electron chi connectivity index (χ2n) is 4.66. The maximum atomic E-state index is 13.1. The molecule has 0 atom stereocenters. The van der Waals surface area contributed by atoms with Crippen molar-refractivity contribution in [3.63, 3.8) is 0 Å². The summed E-state index contributed by atoms with van der Waals surface area (Å²) in [7, 11) is 0. The predicted octanol–water partition coefficient (Wildman–Crippen LogP) is 4.08. The summed E-state index contributed by atoms with van der Waals surface area (Å²) in [5.74, 6) is -1.20. The summed E-state index contributed by atoms with van der Waals surface area (Å²) in [6.07, 6.45) is 0. The Morgan fingerprint density at radius 3 is 2.59 bits per heavy atom. The third kappa shape index (κ3) is 3.04. The Bertz CT molecular complexity index is 839. The fourth-order valence-corrected chi connectivity index (χ4v) is 2.96. The molecule has 0 radical (unpaired) electrons. The van der Waals surface area contributed by atoms with Gasteiger partial charge in [0.2, 0.25) is 0 Å². The van der Waals surface area contributed by atoms with Crippen molar-refractivity contribution in [2.24, 2.45) is 0 Å². The molecule has 0 aliphatic carbocycles. The first kappa shape index (κ1) is 14.4. The largest absolute Gasteiger partial charge is 0.453 e. The third-order valence-corrected chi connectivity index (χ3v) is 4.21. The van der Waals surface area contributed by atoms with Crippen molar-refractivity contribution in [1.82, 2.24) is 0 Å². The van der Waals surface area contributed by atoms with E-state index in [1.165, 1.54) is 23.5 Å².